The number of hydrogen-bond donors (Lipinski definition) is 1. The molecule has 96 valence electrons. The quantitative estimate of drug-likeness (QED) is 0.856. The molecule has 4 nitrogen and oxygen atoms in total. The van der Waals surface area contributed by atoms with Gasteiger partial charge in [0.05, 0.1) is 21.4 Å². The highest BCUT2D eigenvalue weighted by Crippen LogP contribution is 2.36. The predicted molar refractivity (Wildman–Crippen MR) is 73.6 cm³/mol. The van der Waals surface area contributed by atoms with Crippen LogP contribution >= 0.6 is 23.2 Å². The van der Waals surface area contributed by atoms with Gasteiger partial charge in [0, 0.05) is 13.1 Å². The van der Waals surface area contributed by atoms with Crippen molar-refractivity contribution in [2.75, 3.05) is 5.73 Å². The molecule has 0 bridgehead atoms. The van der Waals surface area contributed by atoms with Crippen molar-refractivity contribution in [3.63, 3.8) is 0 Å². The number of nitrogens with zero attached hydrogens (tertiary/aromatic N) is 2. The highest BCUT2D eigenvalue weighted by atomic mass is 35.5. The van der Waals surface area contributed by atoms with Crippen LogP contribution < -0.4 is 10.5 Å². The molecule has 0 aliphatic carbocycles. The smallest absolute Gasteiger partial charge is 0.171 e. The molecule has 0 aliphatic heterocycles. The van der Waals surface area contributed by atoms with Gasteiger partial charge in [0.2, 0.25) is 0 Å². The van der Waals surface area contributed by atoms with E-state index in [2.05, 4.69) is 5.10 Å². The van der Waals surface area contributed by atoms with Crippen LogP contribution in [0, 0.1) is 13.8 Å². The van der Waals surface area contributed by atoms with Crippen LogP contribution in [0.1, 0.15) is 11.4 Å². The predicted octanol–water partition coefficient (Wildman–Crippen LogP) is 3.72. The fourth-order valence-corrected chi connectivity index (χ4v) is 1.97. The largest absolute Gasteiger partial charge is 0.451 e. The van der Waals surface area contributed by atoms with Gasteiger partial charge in [-0.25, -0.2) is 0 Å². The van der Waals surface area contributed by atoms with Gasteiger partial charge < -0.3 is 10.5 Å². The van der Waals surface area contributed by atoms with Gasteiger partial charge >= 0.3 is 0 Å². The first kappa shape index (κ1) is 13.1. The van der Waals surface area contributed by atoms with Gasteiger partial charge in [-0.05, 0) is 19.9 Å². The van der Waals surface area contributed by atoms with Gasteiger partial charge in [-0.1, -0.05) is 23.2 Å². The molecule has 18 heavy (non-hydrogen) atoms. The first-order valence-electron chi connectivity index (χ1n) is 5.32. The molecule has 0 amide bonds. The lowest BCUT2D eigenvalue weighted by atomic mass is 10.3. The number of aryl methyl sites for hydroxylation is 2. The fourth-order valence-electron chi connectivity index (χ4n) is 1.64. The standard InChI is InChI=1S/C12H13Cl2N3O/c1-6-12(7(2)17(3)16-6)18-11-5-9(14)8(13)4-10(11)15/h4-5H,15H2,1-3H3. The van der Waals surface area contributed by atoms with Crippen molar-refractivity contribution >= 4 is 28.9 Å². The van der Waals surface area contributed by atoms with E-state index in [1.165, 1.54) is 0 Å². The minimum absolute atomic E-state index is 0.403. The molecule has 1 heterocycles. The lowest BCUT2D eigenvalue weighted by Gasteiger charge is -2.10. The monoisotopic (exact) mass is 285 g/mol. The van der Waals surface area contributed by atoms with E-state index in [-0.39, 0.29) is 0 Å². The molecule has 1 aromatic carbocycles. The molecule has 0 atom stereocenters. The molecule has 6 heteroatoms. The Balaban J connectivity index is 2.43. The summed E-state index contributed by atoms with van der Waals surface area (Å²) in [6, 6.07) is 3.17. The SMILES string of the molecule is Cc1nn(C)c(C)c1Oc1cc(Cl)c(Cl)cc1N. The van der Waals surface area contributed by atoms with Crippen LogP contribution in [0.4, 0.5) is 5.69 Å². The number of anilines is 1. The summed E-state index contributed by atoms with van der Waals surface area (Å²) in [6.07, 6.45) is 0. The molecule has 0 fully saturated rings. The van der Waals surface area contributed by atoms with Crippen LogP contribution in [0.5, 0.6) is 11.5 Å². The van der Waals surface area contributed by atoms with E-state index in [0.29, 0.717) is 27.2 Å². The first-order valence-corrected chi connectivity index (χ1v) is 6.08. The minimum atomic E-state index is 0.403. The van der Waals surface area contributed by atoms with E-state index in [1.54, 1.807) is 16.8 Å². The number of ether oxygens (including phenoxy) is 1. The third kappa shape index (κ3) is 2.26. The number of halogens is 2. The molecule has 0 saturated heterocycles. The summed E-state index contributed by atoms with van der Waals surface area (Å²) in [7, 11) is 1.85. The fraction of sp³-hybridized carbons (Fsp3) is 0.250. The highest BCUT2D eigenvalue weighted by molar-refractivity contribution is 6.42. The Morgan fingerprint density at radius 2 is 1.83 bits per heavy atom. The third-order valence-electron chi connectivity index (χ3n) is 2.71. The van der Waals surface area contributed by atoms with Crippen molar-refractivity contribution in [2.24, 2.45) is 7.05 Å². The first-order chi connectivity index (χ1) is 8.40. The maximum atomic E-state index is 5.95. The van der Waals surface area contributed by atoms with E-state index < -0.39 is 0 Å². The molecule has 2 aromatic rings. The van der Waals surface area contributed by atoms with E-state index in [1.807, 2.05) is 20.9 Å². The minimum Gasteiger partial charge on any atom is -0.451 e. The average Bonchev–Trinajstić information content (AvgIpc) is 2.52. The molecule has 2 rings (SSSR count). The summed E-state index contributed by atoms with van der Waals surface area (Å²) in [5, 5.41) is 5.07. The Morgan fingerprint density at radius 1 is 1.22 bits per heavy atom. The van der Waals surface area contributed by atoms with Crippen molar-refractivity contribution in [3.8, 4) is 11.5 Å². The van der Waals surface area contributed by atoms with Gasteiger partial charge in [0.25, 0.3) is 0 Å². The Morgan fingerprint density at radius 3 is 2.39 bits per heavy atom. The normalized spacial score (nSPS) is 10.7. The van der Waals surface area contributed by atoms with Crippen molar-refractivity contribution in [2.45, 2.75) is 13.8 Å². The second-order valence-corrected chi connectivity index (χ2v) is 4.84. The second-order valence-electron chi connectivity index (χ2n) is 4.03. The topological polar surface area (TPSA) is 53.1 Å². The Bertz CT molecular complexity index is 608. The lowest BCUT2D eigenvalue weighted by molar-refractivity contribution is 0.476. The molecule has 2 N–H and O–H groups in total. The van der Waals surface area contributed by atoms with Crippen LogP contribution in [0.2, 0.25) is 10.0 Å². The van der Waals surface area contributed by atoms with Gasteiger partial charge in [-0.15, -0.1) is 0 Å². The zero-order chi connectivity index (χ0) is 13.4. The van der Waals surface area contributed by atoms with E-state index in [9.17, 15) is 0 Å². The van der Waals surface area contributed by atoms with Gasteiger partial charge in [0.1, 0.15) is 5.69 Å². The molecule has 0 saturated carbocycles. The summed E-state index contributed by atoms with van der Waals surface area (Å²) in [5.74, 6) is 1.16. The highest BCUT2D eigenvalue weighted by Gasteiger charge is 2.14. The van der Waals surface area contributed by atoms with Crippen molar-refractivity contribution in [1.82, 2.24) is 9.78 Å². The summed E-state index contributed by atoms with van der Waals surface area (Å²) in [5.41, 5.74) is 7.99. The maximum absolute atomic E-state index is 5.95. The average molecular weight is 286 g/mol. The Labute approximate surface area is 115 Å². The second kappa shape index (κ2) is 4.71. The number of nitrogen functional groups attached to an aromatic ring is 1. The van der Waals surface area contributed by atoms with Crippen LogP contribution in [0.3, 0.4) is 0 Å². The van der Waals surface area contributed by atoms with E-state index >= 15 is 0 Å². The molecular formula is C12H13Cl2N3O. The van der Waals surface area contributed by atoms with Gasteiger partial charge in [-0.3, -0.25) is 4.68 Å². The summed E-state index contributed by atoms with van der Waals surface area (Å²) in [6.45, 7) is 3.79. The van der Waals surface area contributed by atoms with Crippen molar-refractivity contribution in [3.05, 3.63) is 33.6 Å². The van der Waals surface area contributed by atoms with Crippen LogP contribution in [-0.4, -0.2) is 9.78 Å². The number of hydrogen-bond acceptors (Lipinski definition) is 3. The number of benzene rings is 1. The zero-order valence-electron chi connectivity index (χ0n) is 10.3. The lowest BCUT2D eigenvalue weighted by Crippen LogP contribution is -1.95. The third-order valence-corrected chi connectivity index (χ3v) is 3.43. The van der Waals surface area contributed by atoms with Gasteiger partial charge in [-0.2, -0.15) is 5.10 Å². The number of nitrogens with two attached hydrogens (primary N) is 1. The Hall–Kier alpha value is -1.39. The Kier molecular flexibility index (Phi) is 3.41. The summed E-state index contributed by atoms with van der Waals surface area (Å²) < 4.78 is 7.52. The van der Waals surface area contributed by atoms with E-state index in [0.717, 1.165) is 11.4 Å². The van der Waals surface area contributed by atoms with Crippen LogP contribution in [0.15, 0.2) is 12.1 Å². The molecule has 0 unspecified atom stereocenters. The van der Waals surface area contributed by atoms with Gasteiger partial charge in [0.15, 0.2) is 11.5 Å². The van der Waals surface area contributed by atoms with Crippen LogP contribution in [-0.2, 0) is 7.05 Å². The molecule has 0 aliphatic rings. The van der Waals surface area contributed by atoms with E-state index in [4.69, 9.17) is 33.7 Å². The molecule has 0 radical (unpaired) electrons. The summed E-state index contributed by atoms with van der Waals surface area (Å²) >= 11 is 11.8. The summed E-state index contributed by atoms with van der Waals surface area (Å²) in [4.78, 5) is 0. The number of rotatable bonds is 2. The molecule has 1 aromatic heterocycles. The number of aromatic nitrogens is 2. The molecule has 0 spiro atoms. The van der Waals surface area contributed by atoms with Crippen molar-refractivity contribution in [1.29, 1.82) is 0 Å². The van der Waals surface area contributed by atoms with Crippen molar-refractivity contribution < 1.29 is 4.74 Å². The van der Waals surface area contributed by atoms with Crippen LogP contribution in [0.25, 0.3) is 0 Å². The molecular weight excluding hydrogens is 273 g/mol. The maximum Gasteiger partial charge on any atom is 0.171 e. The zero-order valence-corrected chi connectivity index (χ0v) is 11.8.